The molecule has 2 fully saturated rings. The number of pyridine rings is 1. The molecule has 0 bridgehead atoms. The Morgan fingerprint density at radius 1 is 1.00 bits per heavy atom. The molecule has 1 aliphatic carbocycles. The van der Waals surface area contributed by atoms with E-state index in [9.17, 15) is 4.79 Å². The summed E-state index contributed by atoms with van der Waals surface area (Å²) >= 11 is 0. The van der Waals surface area contributed by atoms with Gasteiger partial charge in [0, 0.05) is 50.4 Å². The molecule has 1 saturated heterocycles. The summed E-state index contributed by atoms with van der Waals surface area (Å²) in [4.78, 5) is 26.7. The second kappa shape index (κ2) is 9.18. The van der Waals surface area contributed by atoms with Crippen LogP contribution in [0.4, 0.5) is 0 Å². The zero-order valence-electron chi connectivity index (χ0n) is 18.0. The van der Waals surface area contributed by atoms with Gasteiger partial charge >= 0.3 is 0 Å². The lowest BCUT2D eigenvalue weighted by Crippen LogP contribution is -2.35. The number of carbonyl (C=O) groups is 1. The largest absolute Gasteiger partial charge is 0.440 e. The number of aromatic nitrogens is 2. The van der Waals surface area contributed by atoms with Crippen LogP contribution in [-0.2, 0) is 6.54 Å². The molecular weight excluding hydrogens is 388 g/mol. The van der Waals surface area contributed by atoms with Gasteiger partial charge in [0.05, 0.1) is 5.69 Å². The summed E-state index contributed by atoms with van der Waals surface area (Å²) in [5.74, 6) is 1.35. The maximum atomic E-state index is 13.2. The monoisotopic (exact) mass is 418 g/mol. The second-order valence-electron chi connectivity index (χ2n) is 8.81. The topological polar surface area (TPSA) is 62.5 Å². The molecule has 5 rings (SSSR count). The summed E-state index contributed by atoms with van der Waals surface area (Å²) in [6.07, 6.45) is 8.92. The summed E-state index contributed by atoms with van der Waals surface area (Å²) in [6, 6.07) is 11.7. The van der Waals surface area contributed by atoms with Gasteiger partial charge in [0.2, 0.25) is 0 Å². The zero-order valence-corrected chi connectivity index (χ0v) is 18.0. The van der Waals surface area contributed by atoms with Gasteiger partial charge in [-0.05, 0) is 49.6 Å². The maximum Gasteiger partial charge on any atom is 0.254 e. The number of benzene rings is 1. The van der Waals surface area contributed by atoms with E-state index in [2.05, 4.69) is 16.0 Å². The summed E-state index contributed by atoms with van der Waals surface area (Å²) < 4.78 is 6.10. The number of oxazole rings is 1. The smallest absolute Gasteiger partial charge is 0.254 e. The lowest BCUT2D eigenvalue weighted by Gasteiger charge is -2.22. The normalized spacial score (nSPS) is 18.9. The molecule has 1 aromatic carbocycles. The van der Waals surface area contributed by atoms with Gasteiger partial charge in [-0.25, -0.2) is 4.98 Å². The van der Waals surface area contributed by atoms with Crippen LogP contribution in [0, 0.1) is 0 Å². The van der Waals surface area contributed by atoms with Crippen molar-refractivity contribution < 1.29 is 9.21 Å². The minimum absolute atomic E-state index is 0.0807. The van der Waals surface area contributed by atoms with Crippen LogP contribution in [-0.4, -0.2) is 51.9 Å². The number of nitrogens with zero attached hydrogens (tertiary/aromatic N) is 4. The Bertz CT molecular complexity index is 1030. The van der Waals surface area contributed by atoms with Crippen LogP contribution < -0.4 is 0 Å². The lowest BCUT2D eigenvalue weighted by atomic mass is 9.89. The molecule has 162 valence electrons. The van der Waals surface area contributed by atoms with E-state index in [4.69, 9.17) is 9.40 Å². The average molecular weight is 419 g/mol. The van der Waals surface area contributed by atoms with Gasteiger partial charge in [0.1, 0.15) is 5.52 Å². The van der Waals surface area contributed by atoms with Gasteiger partial charge in [-0.2, -0.15) is 0 Å². The van der Waals surface area contributed by atoms with Crippen LogP contribution in [0.15, 0.2) is 47.0 Å². The van der Waals surface area contributed by atoms with Crippen LogP contribution >= 0.6 is 0 Å². The molecule has 0 atom stereocenters. The molecule has 2 aromatic heterocycles. The number of hydrogen-bond donors (Lipinski definition) is 0. The molecule has 6 nitrogen and oxygen atoms in total. The minimum Gasteiger partial charge on any atom is -0.440 e. The zero-order chi connectivity index (χ0) is 21.0. The highest BCUT2D eigenvalue weighted by molar-refractivity contribution is 5.97. The third-order valence-corrected chi connectivity index (χ3v) is 6.59. The van der Waals surface area contributed by atoms with E-state index in [-0.39, 0.29) is 5.91 Å². The third kappa shape index (κ3) is 4.64. The van der Waals surface area contributed by atoms with Crippen molar-refractivity contribution >= 4 is 17.0 Å². The van der Waals surface area contributed by atoms with Crippen LogP contribution in [0.3, 0.4) is 0 Å². The van der Waals surface area contributed by atoms with E-state index in [0.717, 1.165) is 74.7 Å². The van der Waals surface area contributed by atoms with Crippen molar-refractivity contribution in [3.05, 3.63) is 59.7 Å². The van der Waals surface area contributed by atoms with Crippen molar-refractivity contribution in [2.45, 2.75) is 51.0 Å². The molecule has 3 aromatic rings. The van der Waals surface area contributed by atoms with Crippen LogP contribution in [0.5, 0.6) is 0 Å². The van der Waals surface area contributed by atoms with Crippen molar-refractivity contribution in [2.24, 2.45) is 0 Å². The van der Waals surface area contributed by atoms with Crippen LogP contribution in [0.1, 0.15) is 66.4 Å². The Morgan fingerprint density at radius 2 is 1.90 bits per heavy atom. The fraction of sp³-hybridized carbons (Fsp3) is 0.480. The van der Waals surface area contributed by atoms with Gasteiger partial charge in [0.15, 0.2) is 11.5 Å². The van der Waals surface area contributed by atoms with Gasteiger partial charge in [-0.3, -0.25) is 14.7 Å². The van der Waals surface area contributed by atoms with E-state index >= 15 is 0 Å². The Labute approximate surface area is 183 Å². The fourth-order valence-corrected chi connectivity index (χ4v) is 4.84. The highest BCUT2D eigenvalue weighted by Gasteiger charge is 2.23. The Morgan fingerprint density at radius 3 is 2.74 bits per heavy atom. The lowest BCUT2D eigenvalue weighted by molar-refractivity contribution is 0.0761. The summed E-state index contributed by atoms with van der Waals surface area (Å²) in [5.41, 5.74) is 3.36. The Kier molecular flexibility index (Phi) is 5.98. The first-order valence-electron chi connectivity index (χ1n) is 11.6. The third-order valence-electron chi connectivity index (χ3n) is 6.59. The molecule has 1 amide bonds. The highest BCUT2D eigenvalue weighted by atomic mass is 16.3. The molecule has 1 saturated carbocycles. The molecule has 31 heavy (non-hydrogen) atoms. The SMILES string of the molecule is O=C(c1ccc2nc(C3CCCCC3)oc2c1)N1CCCN(Cc2ccccn2)CC1. The number of rotatable bonds is 4. The van der Waals surface area contributed by atoms with Crippen LogP contribution in [0.25, 0.3) is 11.1 Å². The molecule has 0 radical (unpaired) electrons. The summed E-state index contributed by atoms with van der Waals surface area (Å²) in [5, 5.41) is 0. The first-order chi connectivity index (χ1) is 15.3. The molecule has 2 aliphatic rings. The van der Waals surface area contributed by atoms with Crippen molar-refractivity contribution in [3.8, 4) is 0 Å². The Balaban J connectivity index is 1.26. The number of fused-ring (bicyclic) bond motifs is 1. The predicted octanol–water partition coefficient (Wildman–Crippen LogP) is 4.62. The Hall–Kier alpha value is -2.73. The van der Waals surface area contributed by atoms with Gasteiger partial charge in [-0.1, -0.05) is 25.3 Å². The van der Waals surface area contributed by atoms with Crippen molar-refractivity contribution in [3.63, 3.8) is 0 Å². The van der Waals surface area contributed by atoms with Gasteiger partial charge in [-0.15, -0.1) is 0 Å². The van der Waals surface area contributed by atoms with Crippen LogP contribution in [0.2, 0.25) is 0 Å². The molecule has 3 heterocycles. The van der Waals surface area contributed by atoms with E-state index in [1.807, 2.05) is 41.4 Å². The van der Waals surface area contributed by atoms with Gasteiger partial charge in [0.25, 0.3) is 5.91 Å². The van der Waals surface area contributed by atoms with Crippen molar-refractivity contribution in [1.29, 1.82) is 0 Å². The molecule has 0 N–H and O–H groups in total. The maximum absolute atomic E-state index is 13.2. The molecule has 1 aliphatic heterocycles. The van der Waals surface area contributed by atoms with Crippen molar-refractivity contribution in [2.75, 3.05) is 26.2 Å². The quantitative estimate of drug-likeness (QED) is 0.619. The van der Waals surface area contributed by atoms with E-state index in [0.29, 0.717) is 11.5 Å². The van der Waals surface area contributed by atoms with E-state index in [1.54, 1.807) is 0 Å². The first kappa shape index (κ1) is 20.2. The molecule has 0 unspecified atom stereocenters. The van der Waals surface area contributed by atoms with E-state index in [1.165, 1.54) is 19.3 Å². The number of carbonyl (C=O) groups excluding carboxylic acids is 1. The molecular formula is C25H30N4O2. The van der Waals surface area contributed by atoms with E-state index < -0.39 is 0 Å². The average Bonchev–Trinajstić information content (AvgIpc) is 3.12. The molecule has 0 spiro atoms. The summed E-state index contributed by atoms with van der Waals surface area (Å²) in [7, 11) is 0. The second-order valence-corrected chi connectivity index (χ2v) is 8.81. The minimum atomic E-state index is 0.0807. The first-order valence-corrected chi connectivity index (χ1v) is 11.6. The summed E-state index contributed by atoms with van der Waals surface area (Å²) in [6.45, 7) is 4.18. The molecule has 6 heteroatoms. The standard InChI is InChI=1S/C25H30N4O2/c30-25(29-14-6-13-28(15-16-29)18-21-9-4-5-12-26-21)20-10-11-22-23(17-20)31-24(27-22)19-7-2-1-3-8-19/h4-5,9-12,17,19H,1-3,6-8,13-16,18H2. The van der Waals surface area contributed by atoms with Crippen molar-refractivity contribution in [1.82, 2.24) is 19.8 Å². The number of hydrogen-bond acceptors (Lipinski definition) is 5. The number of amides is 1. The highest BCUT2D eigenvalue weighted by Crippen LogP contribution is 2.34. The predicted molar refractivity (Wildman–Crippen MR) is 120 cm³/mol. The fourth-order valence-electron chi connectivity index (χ4n) is 4.84. The van der Waals surface area contributed by atoms with Gasteiger partial charge < -0.3 is 9.32 Å².